The van der Waals surface area contributed by atoms with Crippen molar-refractivity contribution in [3.63, 3.8) is 0 Å². The van der Waals surface area contributed by atoms with Crippen LogP contribution in [0.1, 0.15) is 19.8 Å². The lowest BCUT2D eigenvalue weighted by atomic mass is 10.1. The van der Waals surface area contributed by atoms with Gasteiger partial charge in [0.1, 0.15) is 11.6 Å². The molecular formula is C16H20N2OS. The van der Waals surface area contributed by atoms with Gasteiger partial charge in [-0.3, -0.25) is 0 Å². The van der Waals surface area contributed by atoms with E-state index in [-0.39, 0.29) is 0 Å². The maximum atomic E-state index is 5.42. The van der Waals surface area contributed by atoms with E-state index in [9.17, 15) is 0 Å². The number of thioether (sulfide) groups is 1. The zero-order valence-corrected chi connectivity index (χ0v) is 12.8. The Morgan fingerprint density at radius 1 is 1.35 bits per heavy atom. The Bertz CT molecular complexity index is 608. The first-order valence-electron chi connectivity index (χ1n) is 7.01. The number of pyridine rings is 1. The summed E-state index contributed by atoms with van der Waals surface area (Å²) in [6.45, 7) is 3.30. The van der Waals surface area contributed by atoms with E-state index >= 15 is 0 Å². The maximum Gasteiger partial charge on any atom is 0.133 e. The van der Waals surface area contributed by atoms with E-state index in [2.05, 4.69) is 35.1 Å². The predicted molar refractivity (Wildman–Crippen MR) is 86.9 cm³/mol. The molecule has 1 aromatic heterocycles. The molecule has 1 aliphatic heterocycles. The van der Waals surface area contributed by atoms with Crippen LogP contribution in [0, 0.1) is 0 Å². The zero-order valence-electron chi connectivity index (χ0n) is 12.0. The molecule has 2 heterocycles. The van der Waals surface area contributed by atoms with Gasteiger partial charge in [-0.1, -0.05) is 12.1 Å². The van der Waals surface area contributed by atoms with Crippen LogP contribution >= 0.6 is 11.8 Å². The molecule has 1 unspecified atom stereocenters. The molecule has 3 rings (SSSR count). The standard InChI is InChI=1S/C16H20N2OS/c1-16(8-4-10-20-16)11-18-15-13-5-3-6-14(19-2)12(13)7-9-17-15/h3,5-7,9H,4,8,10-11H2,1-2H3,(H,17,18). The molecule has 106 valence electrons. The van der Waals surface area contributed by atoms with Crippen LogP contribution in [0.5, 0.6) is 5.75 Å². The fraction of sp³-hybridized carbons (Fsp3) is 0.438. The first-order valence-corrected chi connectivity index (χ1v) is 8.00. The van der Waals surface area contributed by atoms with Crippen LogP contribution < -0.4 is 10.1 Å². The van der Waals surface area contributed by atoms with Crippen LogP contribution in [0.25, 0.3) is 10.8 Å². The lowest BCUT2D eigenvalue weighted by Crippen LogP contribution is -2.27. The number of benzene rings is 1. The maximum absolute atomic E-state index is 5.42. The van der Waals surface area contributed by atoms with E-state index in [1.165, 1.54) is 18.6 Å². The summed E-state index contributed by atoms with van der Waals surface area (Å²) < 4.78 is 5.76. The molecule has 0 spiro atoms. The SMILES string of the molecule is COc1cccc2c(NCC3(C)CCCS3)nccc12. The van der Waals surface area contributed by atoms with Crippen LogP contribution in [0.15, 0.2) is 30.5 Å². The number of ether oxygens (including phenoxy) is 1. The van der Waals surface area contributed by atoms with E-state index < -0.39 is 0 Å². The molecule has 1 aromatic carbocycles. The Morgan fingerprint density at radius 2 is 2.25 bits per heavy atom. The van der Waals surface area contributed by atoms with Crippen molar-refractivity contribution in [1.82, 2.24) is 4.98 Å². The Balaban J connectivity index is 1.88. The minimum Gasteiger partial charge on any atom is -0.496 e. The van der Waals surface area contributed by atoms with Crippen LogP contribution in [0.2, 0.25) is 0 Å². The normalized spacial score (nSPS) is 22.1. The summed E-state index contributed by atoms with van der Waals surface area (Å²) in [6.07, 6.45) is 4.44. The number of methoxy groups -OCH3 is 1. The first-order chi connectivity index (χ1) is 9.72. The Hall–Kier alpha value is -1.42. The largest absolute Gasteiger partial charge is 0.496 e. The topological polar surface area (TPSA) is 34.1 Å². The van der Waals surface area contributed by atoms with E-state index in [1.807, 2.05) is 24.4 Å². The van der Waals surface area contributed by atoms with Gasteiger partial charge in [0.05, 0.1) is 7.11 Å². The van der Waals surface area contributed by atoms with Crippen LogP contribution in [0.4, 0.5) is 5.82 Å². The second-order valence-corrected chi connectivity index (χ2v) is 7.15. The van der Waals surface area contributed by atoms with Gasteiger partial charge < -0.3 is 10.1 Å². The van der Waals surface area contributed by atoms with Gasteiger partial charge in [-0.05, 0) is 37.7 Å². The molecule has 0 bridgehead atoms. The highest BCUT2D eigenvalue weighted by Gasteiger charge is 2.29. The molecule has 2 aromatic rings. The van der Waals surface area contributed by atoms with Gasteiger partial charge in [-0.2, -0.15) is 11.8 Å². The Kier molecular flexibility index (Phi) is 3.74. The molecule has 0 amide bonds. The van der Waals surface area contributed by atoms with Crippen LogP contribution in [0.3, 0.4) is 0 Å². The third-order valence-electron chi connectivity index (χ3n) is 3.92. The monoisotopic (exact) mass is 288 g/mol. The number of nitrogens with one attached hydrogen (secondary N) is 1. The number of anilines is 1. The summed E-state index contributed by atoms with van der Waals surface area (Å²) in [4.78, 5) is 4.50. The van der Waals surface area contributed by atoms with Gasteiger partial charge >= 0.3 is 0 Å². The van der Waals surface area contributed by atoms with Crippen molar-refractivity contribution in [3.8, 4) is 5.75 Å². The van der Waals surface area contributed by atoms with Crippen molar-refractivity contribution < 1.29 is 4.74 Å². The fourth-order valence-electron chi connectivity index (χ4n) is 2.74. The smallest absolute Gasteiger partial charge is 0.133 e. The summed E-state index contributed by atoms with van der Waals surface area (Å²) in [5.74, 6) is 3.12. The van der Waals surface area contributed by atoms with Crippen molar-refractivity contribution in [2.75, 3.05) is 24.7 Å². The third-order valence-corrected chi connectivity index (χ3v) is 5.45. The molecule has 0 radical (unpaired) electrons. The van der Waals surface area contributed by atoms with Gasteiger partial charge in [0.25, 0.3) is 0 Å². The number of aromatic nitrogens is 1. The van der Waals surface area contributed by atoms with Crippen molar-refractivity contribution in [3.05, 3.63) is 30.5 Å². The van der Waals surface area contributed by atoms with E-state index in [4.69, 9.17) is 4.74 Å². The predicted octanol–water partition coefficient (Wildman–Crippen LogP) is 3.94. The summed E-state index contributed by atoms with van der Waals surface area (Å²) >= 11 is 2.06. The highest BCUT2D eigenvalue weighted by Crippen LogP contribution is 2.38. The highest BCUT2D eigenvalue weighted by atomic mass is 32.2. The summed E-state index contributed by atoms with van der Waals surface area (Å²) in [5, 5.41) is 5.77. The molecule has 1 aliphatic rings. The summed E-state index contributed by atoms with van der Waals surface area (Å²) in [5.41, 5.74) is 0. The van der Waals surface area contributed by atoms with Gasteiger partial charge in [-0.25, -0.2) is 4.98 Å². The van der Waals surface area contributed by atoms with Crippen LogP contribution in [-0.2, 0) is 0 Å². The van der Waals surface area contributed by atoms with Crippen molar-refractivity contribution in [1.29, 1.82) is 0 Å². The Labute approximate surface area is 124 Å². The highest BCUT2D eigenvalue weighted by molar-refractivity contribution is 8.00. The molecule has 0 saturated carbocycles. The number of fused-ring (bicyclic) bond motifs is 1. The van der Waals surface area contributed by atoms with E-state index in [1.54, 1.807) is 7.11 Å². The Morgan fingerprint density at radius 3 is 3.00 bits per heavy atom. The minimum absolute atomic E-state index is 0.336. The van der Waals surface area contributed by atoms with Gasteiger partial charge in [0.15, 0.2) is 0 Å². The number of hydrogen-bond donors (Lipinski definition) is 1. The lowest BCUT2D eigenvalue weighted by Gasteiger charge is -2.23. The molecule has 4 heteroatoms. The molecule has 3 nitrogen and oxygen atoms in total. The second kappa shape index (κ2) is 5.52. The van der Waals surface area contributed by atoms with E-state index in [0.29, 0.717) is 4.75 Å². The average molecular weight is 288 g/mol. The summed E-state index contributed by atoms with van der Waals surface area (Å²) in [7, 11) is 1.71. The van der Waals surface area contributed by atoms with Crippen LogP contribution in [-0.4, -0.2) is 29.1 Å². The molecule has 1 atom stereocenters. The third kappa shape index (κ3) is 2.57. The summed E-state index contributed by atoms with van der Waals surface area (Å²) in [6, 6.07) is 8.10. The van der Waals surface area contributed by atoms with Gasteiger partial charge in [-0.15, -0.1) is 0 Å². The molecular weight excluding hydrogens is 268 g/mol. The fourth-order valence-corrected chi connectivity index (χ4v) is 3.99. The minimum atomic E-state index is 0.336. The average Bonchev–Trinajstić information content (AvgIpc) is 2.91. The molecule has 20 heavy (non-hydrogen) atoms. The zero-order chi connectivity index (χ0) is 14.0. The first kappa shape index (κ1) is 13.6. The van der Waals surface area contributed by atoms with Gasteiger partial charge in [0.2, 0.25) is 0 Å². The molecule has 1 fully saturated rings. The number of nitrogens with zero attached hydrogens (tertiary/aromatic N) is 1. The molecule has 0 aliphatic carbocycles. The number of rotatable bonds is 4. The van der Waals surface area contributed by atoms with Crippen molar-refractivity contribution >= 4 is 28.4 Å². The van der Waals surface area contributed by atoms with Crippen molar-refractivity contribution in [2.45, 2.75) is 24.5 Å². The van der Waals surface area contributed by atoms with Gasteiger partial charge in [0, 0.05) is 28.3 Å². The quantitative estimate of drug-likeness (QED) is 0.924. The number of hydrogen-bond acceptors (Lipinski definition) is 4. The van der Waals surface area contributed by atoms with E-state index in [0.717, 1.165) is 28.9 Å². The molecule has 1 saturated heterocycles. The second-order valence-electron chi connectivity index (χ2n) is 5.47. The van der Waals surface area contributed by atoms with Crippen molar-refractivity contribution in [2.24, 2.45) is 0 Å². The lowest BCUT2D eigenvalue weighted by molar-refractivity contribution is 0.420. The molecule has 1 N–H and O–H groups in total.